The normalized spacial score (nSPS) is 36.3. The molecular formula is C42H53NO15. The van der Waals surface area contributed by atoms with Gasteiger partial charge in [-0.3, -0.25) is 19.2 Å². The fourth-order valence-electron chi connectivity index (χ4n) is 9.27. The number of carbonyl (C=O) groups is 4. The lowest BCUT2D eigenvalue weighted by Gasteiger charge is -2.48. The molecule has 0 radical (unpaired) electrons. The van der Waals surface area contributed by atoms with E-state index < -0.39 is 102 Å². The molecule has 2 aromatic rings. The van der Waals surface area contributed by atoms with E-state index in [1.54, 1.807) is 27.7 Å². The maximum atomic E-state index is 13.9. The Hall–Kier alpha value is -3.84. The summed E-state index contributed by atoms with van der Waals surface area (Å²) in [5, 5.41) is 45.9. The molecule has 0 bridgehead atoms. The van der Waals surface area contributed by atoms with E-state index in [1.165, 1.54) is 31.4 Å². The van der Waals surface area contributed by atoms with Crippen LogP contribution >= 0.6 is 0 Å². The molecule has 0 amide bonds. The fourth-order valence-corrected chi connectivity index (χ4v) is 9.27. The molecule has 2 aromatic carbocycles. The Morgan fingerprint density at radius 3 is 2.21 bits per heavy atom. The van der Waals surface area contributed by atoms with Crippen LogP contribution in [0.1, 0.15) is 121 Å². The molecule has 0 aromatic heterocycles. The number of methoxy groups -OCH3 is 1. The van der Waals surface area contributed by atoms with E-state index in [2.05, 4.69) is 0 Å². The molecule has 0 saturated carbocycles. The summed E-state index contributed by atoms with van der Waals surface area (Å²) in [6, 6.07) is 5.11. The van der Waals surface area contributed by atoms with Crippen molar-refractivity contribution in [3.8, 4) is 11.5 Å². The highest BCUT2D eigenvalue weighted by Gasteiger charge is 2.53. The van der Waals surface area contributed by atoms with Crippen LogP contribution in [0.4, 0.5) is 0 Å². The largest absolute Gasteiger partial charge is 0.507 e. The predicted octanol–water partition coefficient (Wildman–Crippen LogP) is 3.16. The van der Waals surface area contributed by atoms with Crippen molar-refractivity contribution in [1.82, 2.24) is 4.90 Å². The van der Waals surface area contributed by atoms with E-state index >= 15 is 0 Å². The summed E-state index contributed by atoms with van der Waals surface area (Å²) in [6.45, 7) is 6.95. The number of rotatable bonds is 9. The third-order valence-corrected chi connectivity index (χ3v) is 12.4. The van der Waals surface area contributed by atoms with Gasteiger partial charge in [0.05, 0.1) is 48.3 Å². The van der Waals surface area contributed by atoms with Crippen LogP contribution in [-0.2, 0) is 42.7 Å². The van der Waals surface area contributed by atoms with Crippen molar-refractivity contribution in [2.45, 2.75) is 145 Å². The number of esters is 1. The molecule has 16 nitrogen and oxygen atoms in total. The lowest BCUT2D eigenvalue weighted by Crippen LogP contribution is -2.58. The Morgan fingerprint density at radius 2 is 1.57 bits per heavy atom. The van der Waals surface area contributed by atoms with Gasteiger partial charge in [-0.1, -0.05) is 19.1 Å². The van der Waals surface area contributed by atoms with Crippen LogP contribution in [0.5, 0.6) is 11.5 Å². The van der Waals surface area contributed by atoms with Crippen LogP contribution < -0.4 is 0 Å². The number of phenolic OH excluding ortho intramolecular Hbond substituents is 2. The molecule has 3 fully saturated rings. The van der Waals surface area contributed by atoms with E-state index in [0.29, 0.717) is 12.8 Å². The second-order valence-corrected chi connectivity index (χ2v) is 16.3. The molecule has 0 spiro atoms. The van der Waals surface area contributed by atoms with Crippen molar-refractivity contribution in [1.29, 1.82) is 0 Å². The number of fused-ring (bicyclic) bond motifs is 3. The highest BCUT2D eigenvalue weighted by atomic mass is 16.7. The summed E-state index contributed by atoms with van der Waals surface area (Å²) in [7, 11) is 4.91. The van der Waals surface area contributed by atoms with E-state index in [-0.39, 0.29) is 70.9 Å². The maximum Gasteiger partial charge on any atom is 0.316 e. The predicted molar refractivity (Wildman–Crippen MR) is 201 cm³/mol. The molecule has 3 aliphatic heterocycles. The van der Waals surface area contributed by atoms with Crippen LogP contribution in [0.15, 0.2) is 24.3 Å². The minimum atomic E-state index is -1.76. The van der Waals surface area contributed by atoms with Crippen molar-refractivity contribution in [3.63, 3.8) is 0 Å². The van der Waals surface area contributed by atoms with Crippen LogP contribution in [0.3, 0.4) is 0 Å². The number of ether oxygens (including phenoxy) is 7. The van der Waals surface area contributed by atoms with Crippen LogP contribution in [0.25, 0.3) is 0 Å². The molecular weight excluding hydrogens is 758 g/mol. The summed E-state index contributed by atoms with van der Waals surface area (Å²) in [5.74, 6) is -4.59. The highest BCUT2D eigenvalue weighted by Crippen LogP contribution is 2.54. The van der Waals surface area contributed by atoms with Gasteiger partial charge in [0.1, 0.15) is 35.7 Å². The summed E-state index contributed by atoms with van der Waals surface area (Å²) in [5.41, 5.74) is -2.49. The number of likely N-dealkylation sites (N-methyl/N-ethyl adjacent to an activating group) is 1. The number of phenols is 2. The molecule has 16 heteroatoms. The quantitative estimate of drug-likeness (QED) is 0.228. The van der Waals surface area contributed by atoms with Gasteiger partial charge in [0.25, 0.3) is 0 Å². The van der Waals surface area contributed by atoms with Gasteiger partial charge in [0.2, 0.25) is 5.78 Å². The number of aliphatic hydroxyl groups is 2. The van der Waals surface area contributed by atoms with Crippen LogP contribution in [0, 0.1) is 0 Å². The Kier molecular flexibility index (Phi) is 11.9. The minimum Gasteiger partial charge on any atom is -0.507 e. The number of nitrogens with zero attached hydrogens (tertiary/aromatic N) is 1. The van der Waals surface area contributed by atoms with E-state index in [9.17, 15) is 39.6 Å². The van der Waals surface area contributed by atoms with Gasteiger partial charge in [0.15, 0.2) is 30.4 Å². The first-order valence-electron chi connectivity index (χ1n) is 19.9. The molecule has 13 atom stereocenters. The van der Waals surface area contributed by atoms with Gasteiger partial charge in [0, 0.05) is 54.8 Å². The third-order valence-electron chi connectivity index (χ3n) is 12.4. The van der Waals surface area contributed by atoms with Gasteiger partial charge in [-0.05, 0) is 59.0 Å². The molecule has 7 rings (SSSR count). The molecule has 2 aliphatic carbocycles. The smallest absolute Gasteiger partial charge is 0.316 e. The van der Waals surface area contributed by atoms with Crippen molar-refractivity contribution in [3.05, 3.63) is 57.6 Å². The molecule has 4 N–H and O–H groups in total. The molecule has 1 unspecified atom stereocenters. The summed E-state index contributed by atoms with van der Waals surface area (Å²) < 4.78 is 42.6. The topological polar surface area (TPSA) is 217 Å². The second-order valence-electron chi connectivity index (χ2n) is 16.3. The standard InChI is InChI=1S/C42H53NO15/c1-8-42(51)17-28(33-22(35(42)41(50)52-7)14-23-34(38(33)49)37(48)32-21(36(23)47)10-9-11-26(32)45)56-30-15-24(43(5)6)39(19(3)54-30)58-31-16-27(46)40(20(4)55-31)57-29-13-12-25(44)18(2)53-29/h9-11,14,18-20,24,27-31,35,39-40,45-46,49,51H,8,12-13,15-17H2,1-7H3/t18-,19-,20-,24-,27-,28-,29-,30?,31-,35-,39+,40+,42+/m0/s1. The summed E-state index contributed by atoms with van der Waals surface area (Å²) in [6.07, 6.45) is -6.64. The lowest BCUT2D eigenvalue weighted by molar-refractivity contribution is -0.324. The van der Waals surface area contributed by atoms with E-state index in [0.717, 1.165) is 0 Å². The van der Waals surface area contributed by atoms with Gasteiger partial charge < -0.3 is 58.5 Å². The van der Waals surface area contributed by atoms with E-state index in [4.69, 9.17) is 33.2 Å². The number of ketones is 3. The Balaban J connectivity index is 1.13. The molecule has 316 valence electrons. The van der Waals surface area contributed by atoms with Gasteiger partial charge >= 0.3 is 5.97 Å². The number of aromatic hydroxyl groups is 2. The van der Waals surface area contributed by atoms with Gasteiger partial charge in [-0.15, -0.1) is 0 Å². The molecule has 5 aliphatic rings. The first-order valence-corrected chi connectivity index (χ1v) is 19.9. The van der Waals surface area contributed by atoms with Crippen molar-refractivity contribution < 1.29 is 72.8 Å². The highest BCUT2D eigenvalue weighted by molar-refractivity contribution is 6.30. The maximum absolute atomic E-state index is 13.9. The number of hydrogen-bond acceptors (Lipinski definition) is 16. The molecule has 3 heterocycles. The van der Waals surface area contributed by atoms with E-state index in [1.807, 2.05) is 19.0 Å². The first-order chi connectivity index (χ1) is 27.5. The average Bonchev–Trinajstić information content (AvgIpc) is 3.17. The molecule has 3 saturated heterocycles. The van der Waals surface area contributed by atoms with Gasteiger partial charge in [-0.2, -0.15) is 0 Å². The summed E-state index contributed by atoms with van der Waals surface area (Å²) in [4.78, 5) is 55.0. The Bertz CT molecular complexity index is 1940. The fraction of sp³-hybridized carbons (Fsp3) is 0.619. The van der Waals surface area contributed by atoms with Crippen molar-refractivity contribution in [2.75, 3.05) is 21.2 Å². The number of benzene rings is 2. The third kappa shape index (κ3) is 7.47. The zero-order chi connectivity index (χ0) is 42.0. The number of aliphatic hydroxyl groups excluding tert-OH is 1. The number of hydrogen-bond donors (Lipinski definition) is 4. The average molecular weight is 812 g/mol. The lowest BCUT2D eigenvalue weighted by atomic mass is 9.67. The Labute approximate surface area is 336 Å². The zero-order valence-corrected chi connectivity index (χ0v) is 33.7. The van der Waals surface area contributed by atoms with Crippen molar-refractivity contribution in [2.24, 2.45) is 0 Å². The number of carbonyl (C=O) groups excluding carboxylic acids is 4. The number of Topliss-reactive ketones (excluding diaryl/α,β-unsaturated/α-hetero) is 1. The first kappa shape index (κ1) is 42.3. The van der Waals surface area contributed by atoms with Crippen LogP contribution in [0.2, 0.25) is 0 Å². The Morgan fingerprint density at radius 1 is 0.897 bits per heavy atom. The SMILES string of the molecule is CC[C@@]1(O)C[C@H](OC2C[C@H](N(C)C)[C@H](O[C@H]3C[C@H](O)[C@H](O[C@H]4CCC(=O)[C@H](C)O4)[C@H](C)O3)[C@H](C)O2)c2c(cc3c(c2O)C(=O)c2c(O)cccc2C3=O)[C@H]1C(=O)OC. The van der Waals surface area contributed by atoms with Crippen molar-refractivity contribution >= 4 is 23.3 Å². The van der Waals surface area contributed by atoms with Gasteiger partial charge in [-0.25, -0.2) is 0 Å². The zero-order valence-electron chi connectivity index (χ0n) is 33.7. The molecule has 58 heavy (non-hydrogen) atoms. The monoisotopic (exact) mass is 811 g/mol. The van der Waals surface area contributed by atoms with Crippen LogP contribution in [-0.4, -0.2) is 137 Å². The summed E-state index contributed by atoms with van der Waals surface area (Å²) >= 11 is 0. The second kappa shape index (κ2) is 16.3. The minimum absolute atomic E-state index is 0.00573.